The number of carbonyl (C=O) groups is 3. The second-order valence-corrected chi connectivity index (χ2v) is 12.3. The van der Waals surface area contributed by atoms with Gasteiger partial charge in [-0.25, -0.2) is 4.98 Å². The number of amides is 2. The number of nitrogens with zero attached hydrogens (tertiary/aromatic N) is 2. The number of thioether (sulfide) groups is 1. The molecule has 0 radical (unpaired) electrons. The van der Waals surface area contributed by atoms with Crippen molar-refractivity contribution in [3.63, 3.8) is 0 Å². The lowest BCUT2D eigenvalue weighted by Gasteiger charge is -2.18. The molecule has 0 spiro atoms. The summed E-state index contributed by atoms with van der Waals surface area (Å²) in [5.74, 6) is 1.37. The van der Waals surface area contributed by atoms with E-state index in [1.807, 2.05) is 61.3 Å². The summed E-state index contributed by atoms with van der Waals surface area (Å²) in [7, 11) is 1.97. The van der Waals surface area contributed by atoms with Crippen molar-refractivity contribution >= 4 is 34.7 Å². The third kappa shape index (κ3) is 19.9. The highest BCUT2D eigenvalue weighted by atomic mass is 32.2. The van der Waals surface area contributed by atoms with Gasteiger partial charge in [-0.3, -0.25) is 19.7 Å². The Morgan fingerprint density at radius 2 is 1.51 bits per heavy atom. The van der Waals surface area contributed by atoms with Gasteiger partial charge in [-0.15, -0.1) is 0 Å². The fourth-order valence-electron chi connectivity index (χ4n) is 4.42. The van der Waals surface area contributed by atoms with Crippen LogP contribution in [0.2, 0.25) is 0 Å². The van der Waals surface area contributed by atoms with Crippen molar-refractivity contribution < 1.29 is 23.9 Å². The van der Waals surface area contributed by atoms with Gasteiger partial charge in [0.2, 0.25) is 5.91 Å². The average molecular weight is 688 g/mol. The van der Waals surface area contributed by atoms with E-state index in [-0.39, 0.29) is 22.4 Å². The number of carbonyl (C=O) groups excluding carboxylic acids is 3. The van der Waals surface area contributed by atoms with Crippen LogP contribution in [0.1, 0.15) is 70.8 Å². The lowest BCUT2D eigenvalue weighted by molar-refractivity contribution is -0.143. The molecule has 1 aromatic carbocycles. The minimum Gasteiger partial charge on any atom is -0.492 e. The van der Waals surface area contributed by atoms with Crippen molar-refractivity contribution in [1.82, 2.24) is 10.3 Å². The molecule has 0 aliphatic carbocycles. The third-order valence-electron chi connectivity index (χ3n) is 7.06. The van der Waals surface area contributed by atoms with Gasteiger partial charge in [0.1, 0.15) is 18.2 Å². The number of nitrogens with one attached hydrogen (secondary N) is 1. The fourth-order valence-corrected chi connectivity index (χ4v) is 5.28. The van der Waals surface area contributed by atoms with Crippen molar-refractivity contribution in [2.24, 2.45) is 0 Å². The predicted molar refractivity (Wildman–Crippen MR) is 203 cm³/mol. The second-order valence-electron chi connectivity index (χ2n) is 11.1. The van der Waals surface area contributed by atoms with E-state index < -0.39 is 0 Å². The molecule has 49 heavy (non-hydrogen) atoms. The smallest absolute Gasteiger partial charge is 0.305 e. The number of allylic oxidation sites excluding steroid dienone is 10. The molecule has 1 N–H and O–H groups in total. The monoisotopic (exact) mass is 687 g/mol. The summed E-state index contributed by atoms with van der Waals surface area (Å²) < 4.78 is 10.6. The summed E-state index contributed by atoms with van der Waals surface area (Å²) >= 11 is 1.05. The number of esters is 1. The zero-order valence-corrected chi connectivity index (χ0v) is 30.1. The van der Waals surface area contributed by atoms with Crippen LogP contribution in [0.15, 0.2) is 109 Å². The Morgan fingerprint density at radius 3 is 2.06 bits per heavy atom. The summed E-state index contributed by atoms with van der Waals surface area (Å²) in [5.41, 5.74) is 1.00. The van der Waals surface area contributed by atoms with Crippen LogP contribution in [0.5, 0.6) is 5.75 Å². The first kappa shape index (κ1) is 40.8. The van der Waals surface area contributed by atoms with Crippen LogP contribution in [0.3, 0.4) is 0 Å². The van der Waals surface area contributed by atoms with Gasteiger partial charge in [-0.05, 0) is 88.1 Å². The van der Waals surface area contributed by atoms with Crippen LogP contribution < -0.4 is 15.0 Å². The number of benzene rings is 1. The molecule has 1 aliphatic rings. The molecule has 264 valence electrons. The summed E-state index contributed by atoms with van der Waals surface area (Å²) in [5, 5.41) is 1.69. The van der Waals surface area contributed by atoms with E-state index in [4.69, 9.17) is 9.47 Å². The molecule has 0 bridgehead atoms. The normalized spacial score (nSPS) is 14.6. The van der Waals surface area contributed by atoms with Gasteiger partial charge in [-0.1, -0.05) is 97.6 Å². The number of imide groups is 1. The fraction of sp³-hybridized carbons (Fsp3) is 0.400. The molecule has 1 aliphatic heterocycles. The van der Waals surface area contributed by atoms with Crippen LogP contribution >= 0.6 is 11.8 Å². The first-order valence-corrected chi connectivity index (χ1v) is 18.1. The van der Waals surface area contributed by atoms with Crippen LogP contribution in [-0.2, 0) is 20.7 Å². The number of unbranched alkanes of at least 4 members (excludes halogenated alkanes) is 1. The molecular weight excluding hydrogens is 635 g/mol. The van der Waals surface area contributed by atoms with Crippen LogP contribution in [0.25, 0.3) is 0 Å². The van der Waals surface area contributed by atoms with E-state index in [1.54, 1.807) is 6.20 Å². The van der Waals surface area contributed by atoms with Crippen molar-refractivity contribution in [1.29, 1.82) is 0 Å². The van der Waals surface area contributed by atoms with E-state index in [9.17, 15) is 14.4 Å². The minimum atomic E-state index is -0.341. The Balaban J connectivity index is 0.000000341. The highest BCUT2D eigenvalue weighted by molar-refractivity contribution is 8.15. The van der Waals surface area contributed by atoms with Crippen LogP contribution in [0, 0.1) is 0 Å². The Kier molecular flexibility index (Phi) is 22.1. The standard InChI is InChI=1S/C22H34O2.C18H19N3O3S/c1-3-5-6-7-8-9-10-11-12-13-14-15-16-17-18-19-20-21-22(23)24-4-2;1-21(16-4-2-3-9-19-16)10-11-24-14-7-5-13(6-8-14)12-15-17(22)20-18(23)25-15/h5-6,8-9,11-12,14-15,17-18H,3-4,7,10,13,16,19-21H2,1-2H3;2-9,15H,10-12H2,1H3,(H,20,22,23)/b6-5-,9-8-,12-11-,15-14-,18-17-;. The minimum absolute atomic E-state index is 0.0927. The molecule has 1 fully saturated rings. The van der Waals surface area contributed by atoms with Gasteiger partial charge in [-0.2, -0.15) is 0 Å². The lowest BCUT2D eigenvalue weighted by atomic mass is 10.1. The molecule has 8 nitrogen and oxygen atoms in total. The first-order chi connectivity index (χ1) is 23.9. The molecule has 2 amide bonds. The van der Waals surface area contributed by atoms with Gasteiger partial charge < -0.3 is 14.4 Å². The van der Waals surface area contributed by atoms with E-state index in [0.29, 0.717) is 26.1 Å². The summed E-state index contributed by atoms with van der Waals surface area (Å²) in [6, 6.07) is 13.4. The maximum atomic E-state index is 11.6. The Labute approximate surface area is 297 Å². The van der Waals surface area contributed by atoms with E-state index in [1.165, 1.54) is 0 Å². The van der Waals surface area contributed by atoms with Gasteiger partial charge in [0, 0.05) is 19.7 Å². The average Bonchev–Trinajstić information content (AvgIpc) is 3.43. The van der Waals surface area contributed by atoms with Crippen molar-refractivity contribution in [2.75, 3.05) is 31.7 Å². The number of rotatable bonds is 21. The Hall–Kier alpha value is -4.37. The maximum Gasteiger partial charge on any atom is 0.305 e. The predicted octanol–water partition coefficient (Wildman–Crippen LogP) is 8.96. The topological polar surface area (TPSA) is 97.8 Å². The summed E-state index contributed by atoms with van der Waals surface area (Å²) in [4.78, 5) is 40.2. The summed E-state index contributed by atoms with van der Waals surface area (Å²) in [6.07, 6.45) is 31.6. The second kappa shape index (κ2) is 26.6. The zero-order valence-electron chi connectivity index (χ0n) is 29.3. The van der Waals surface area contributed by atoms with Gasteiger partial charge in [0.15, 0.2) is 0 Å². The van der Waals surface area contributed by atoms with E-state index in [0.717, 1.165) is 80.4 Å². The van der Waals surface area contributed by atoms with Crippen LogP contribution in [-0.4, -0.2) is 54.2 Å². The van der Waals surface area contributed by atoms with Gasteiger partial charge in [0.05, 0.1) is 18.4 Å². The molecule has 1 atom stereocenters. The van der Waals surface area contributed by atoms with Crippen LogP contribution in [0.4, 0.5) is 10.6 Å². The Morgan fingerprint density at radius 1 is 0.878 bits per heavy atom. The van der Waals surface area contributed by atoms with E-state index >= 15 is 0 Å². The molecule has 2 aromatic rings. The van der Waals surface area contributed by atoms with Crippen molar-refractivity contribution in [2.45, 2.75) is 76.9 Å². The molecule has 3 rings (SSSR count). The van der Waals surface area contributed by atoms with E-state index in [2.05, 4.69) is 78.0 Å². The highest BCUT2D eigenvalue weighted by Crippen LogP contribution is 2.24. The van der Waals surface area contributed by atoms with Crippen molar-refractivity contribution in [3.05, 3.63) is 115 Å². The molecular formula is C40H53N3O5S. The van der Waals surface area contributed by atoms with Crippen molar-refractivity contribution in [3.8, 4) is 5.75 Å². The number of hydrogen-bond acceptors (Lipinski definition) is 8. The SMILES string of the molecule is CC/C=C\C/C=C\C/C=C\C/C=C\C/C=C\CCCC(=O)OCC.CN(CCOc1ccc(CC2SC(=O)NC2=O)cc1)c1ccccn1. The molecule has 1 unspecified atom stereocenters. The largest absolute Gasteiger partial charge is 0.492 e. The molecule has 9 heteroatoms. The number of likely N-dealkylation sites (N-methyl/N-ethyl adjacent to an activating group) is 1. The van der Waals surface area contributed by atoms with Gasteiger partial charge >= 0.3 is 5.97 Å². The van der Waals surface area contributed by atoms with Gasteiger partial charge in [0.25, 0.3) is 5.24 Å². The Bertz CT molecular complexity index is 1370. The number of hydrogen-bond donors (Lipinski definition) is 1. The quantitative estimate of drug-likeness (QED) is 0.0789. The molecule has 2 heterocycles. The number of aromatic nitrogens is 1. The number of ether oxygens (including phenoxy) is 2. The first-order valence-electron chi connectivity index (χ1n) is 17.2. The maximum absolute atomic E-state index is 11.6. The number of pyridine rings is 1. The molecule has 1 aromatic heterocycles. The third-order valence-corrected chi connectivity index (χ3v) is 8.04. The lowest BCUT2D eigenvalue weighted by Crippen LogP contribution is -2.25. The zero-order chi connectivity index (χ0) is 35.4. The number of anilines is 1. The highest BCUT2D eigenvalue weighted by Gasteiger charge is 2.31. The summed E-state index contributed by atoms with van der Waals surface area (Å²) in [6.45, 7) is 5.73. The molecule has 0 saturated carbocycles. The molecule has 1 saturated heterocycles.